The molecule has 2 unspecified atom stereocenters. The summed E-state index contributed by atoms with van der Waals surface area (Å²) in [6.07, 6.45) is 4.08. The summed E-state index contributed by atoms with van der Waals surface area (Å²) in [7, 11) is -3.47. The Balaban J connectivity index is 1.79. The van der Waals surface area contributed by atoms with E-state index in [1.54, 1.807) is 13.8 Å². The lowest BCUT2D eigenvalue weighted by atomic mass is 10.0. The molecule has 0 aliphatic carbocycles. The summed E-state index contributed by atoms with van der Waals surface area (Å²) in [6.45, 7) is 3.45. The number of aromatic amines is 1. The molecule has 0 saturated carbocycles. The molecule has 3 heterocycles. The third kappa shape index (κ3) is 2.42. The van der Waals surface area contributed by atoms with Crippen molar-refractivity contribution in [1.29, 1.82) is 0 Å². The van der Waals surface area contributed by atoms with Gasteiger partial charge >= 0.3 is 0 Å². The van der Waals surface area contributed by atoms with Gasteiger partial charge in [-0.05, 0) is 39.5 Å². The predicted octanol–water partition coefficient (Wildman–Crippen LogP) is 0.588. The maximum absolute atomic E-state index is 12.4. The first-order valence-electron chi connectivity index (χ1n) is 6.75. The molecular formula is C12H20N4O2S. The Morgan fingerprint density at radius 2 is 1.84 bits per heavy atom. The van der Waals surface area contributed by atoms with E-state index in [-0.39, 0.29) is 6.04 Å². The number of hydrogen-bond donors (Lipinski definition) is 3. The molecule has 19 heavy (non-hydrogen) atoms. The number of H-pyrrole nitrogens is 1. The van der Waals surface area contributed by atoms with Gasteiger partial charge in [0.05, 0.1) is 11.4 Å². The highest BCUT2D eigenvalue weighted by atomic mass is 32.2. The zero-order chi connectivity index (χ0) is 13.6. The van der Waals surface area contributed by atoms with E-state index in [1.165, 1.54) is 0 Å². The van der Waals surface area contributed by atoms with Crippen LogP contribution in [0.15, 0.2) is 4.90 Å². The first kappa shape index (κ1) is 13.1. The second-order valence-electron chi connectivity index (χ2n) is 5.69. The molecule has 2 saturated heterocycles. The summed E-state index contributed by atoms with van der Waals surface area (Å²) in [5, 5.41) is 10.2. The van der Waals surface area contributed by atoms with Crippen molar-refractivity contribution < 1.29 is 8.42 Å². The fourth-order valence-electron chi connectivity index (χ4n) is 3.37. The number of rotatable bonds is 3. The third-order valence-electron chi connectivity index (χ3n) is 4.12. The molecule has 1 aromatic heterocycles. The average Bonchev–Trinajstić information content (AvgIpc) is 2.82. The van der Waals surface area contributed by atoms with Crippen LogP contribution in [0.4, 0.5) is 0 Å². The monoisotopic (exact) mass is 284 g/mol. The van der Waals surface area contributed by atoms with Crippen LogP contribution in [0.1, 0.15) is 37.1 Å². The first-order valence-corrected chi connectivity index (χ1v) is 8.24. The van der Waals surface area contributed by atoms with Crippen molar-refractivity contribution in [3.05, 3.63) is 11.4 Å². The number of aromatic nitrogens is 2. The van der Waals surface area contributed by atoms with Gasteiger partial charge in [-0.2, -0.15) is 5.10 Å². The second kappa shape index (κ2) is 4.57. The molecule has 0 aromatic carbocycles. The second-order valence-corrected chi connectivity index (χ2v) is 7.34. The minimum Gasteiger partial charge on any atom is -0.311 e. The van der Waals surface area contributed by atoms with Crippen molar-refractivity contribution in [2.75, 3.05) is 0 Å². The molecule has 2 aliphatic rings. The molecule has 3 rings (SSSR count). The van der Waals surface area contributed by atoms with E-state index in [1.807, 2.05) is 0 Å². The topological polar surface area (TPSA) is 86.9 Å². The van der Waals surface area contributed by atoms with Crippen LogP contribution in [0.25, 0.3) is 0 Å². The molecule has 3 N–H and O–H groups in total. The van der Waals surface area contributed by atoms with E-state index in [2.05, 4.69) is 20.2 Å². The number of piperidine rings is 1. The van der Waals surface area contributed by atoms with E-state index >= 15 is 0 Å². The van der Waals surface area contributed by atoms with Crippen LogP contribution < -0.4 is 10.0 Å². The average molecular weight is 284 g/mol. The summed E-state index contributed by atoms with van der Waals surface area (Å²) in [4.78, 5) is 0.304. The van der Waals surface area contributed by atoms with Crippen LogP contribution in [0.3, 0.4) is 0 Å². The van der Waals surface area contributed by atoms with E-state index < -0.39 is 10.0 Å². The highest BCUT2D eigenvalue weighted by Gasteiger charge is 2.36. The highest BCUT2D eigenvalue weighted by Crippen LogP contribution is 2.28. The summed E-state index contributed by atoms with van der Waals surface area (Å²) >= 11 is 0. The molecule has 2 bridgehead atoms. The van der Waals surface area contributed by atoms with Crippen molar-refractivity contribution in [3.63, 3.8) is 0 Å². The van der Waals surface area contributed by atoms with Crippen molar-refractivity contribution in [1.82, 2.24) is 20.2 Å². The molecule has 6 nitrogen and oxygen atoms in total. The lowest BCUT2D eigenvalue weighted by Gasteiger charge is -2.29. The van der Waals surface area contributed by atoms with Gasteiger partial charge in [0, 0.05) is 18.1 Å². The molecule has 2 fully saturated rings. The normalized spacial score (nSPS) is 30.7. The van der Waals surface area contributed by atoms with Gasteiger partial charge in [0.1, 0.15) is 4.90 Å². The Bertz CT molecular complexity index is 549. The zero-order valence-electron chi connectivity index (χ0n) is 11.2. The minimum absolute atomic E-state index is 0.0393. The molecule has 1 aromatic rings. The fraction of sp³-hybridized carbons (Fsp3) is 0.750. The SMILES string of the molecule is Cc1n[nH]c(C)c1S(=O)(=O)NC1CC2CCC(C1)N2. The van der Waals surface area contributed by atoms with E-state index in [0.717, 1.165) is 25.7 Å². The van der Waals surface area contributed by atoms with Crippen LogP contribution in [-0.4, -0.2) is 36.7 Å². The van der Waals surface area contributed by atoms with Gasteiger partial charge in [-0.1, -0.05) is 0 Å². The standard InChI is InChI=1S/C12H20N4O2S/c1-7-12(8(2)15-14-7)19(17,18)16-11-5-9-3-4-10(6-11)13-9/h9-11,13,16H,3-6H2,1-2H3,(H,14,15). The molecule has 0 spiro atoms. The van der Waals surface area contributed by atoms with Crippen molar-refractivity contribution in [2.24, 2.45) is 0 Å². The van der Waals surface area contributed by atoms with Gasteiger partial charge in [0.15, 0.2) is 0 Å². The van der Waals surface area contributed by atoms with Crippen molar-refractivity contribution in [3.8, 4) is 0 Å². The van der Waals surface area contributed by atoms with Gasteiger partial charge < -0.3 is 5.32 Å². The van der Waals surface area contributed by atoms with Crippen molar-refractivity contribution in [2.45, 2.75) is 62.6 Å². The smallest absolute Gasteiger partial charge is 0.244 e. The van der Waals surface area contributed by atoms with E-state index in [0.29, 0.717) is 28.4 Å². The van der Waals surface area contributed by atoms with Gasteiger partial charge in [0.25, 0.3) is 0 Å². The number of nitrogens with zero attached hydrogens (tertiary/aromatic N) is 1. The lowest BCUT2D eigenvalue weighted by Crippen LogP contribution is -2.48. The first-order chi connectivity index (χ1) is 8.95. The summed E-state index contributed by atoms with van der Waals surface area (Å²) in [6, 6.07) is 0.980. The number of hydrogen-bond acceptors (Lipinski definition) is 4. The number of aryl methyl sites for hydroxylation is 2. The zero-order valence-corrected chi connectivity index (χ0v) is 12.0. The Kier molecular flexibility index (Phi) is 3.15. The Morgan fingerprint density at radius 3 is 2.37 bits per heavy atom. The van der Waals surface area contributed by atoms with Crippen LogP contribution in [0.2, 0.25) is 0 Å². The predicted molar refractivity (Wildman–Crippen MR) is 71.4 cm³/mol. The van der Waals surface area contributed by atoms with E-state index in [9.17, 15) is 8.42 Å². The summed E-state index contributed by atoms with van der Waals surface area (Å²) < 4.78 is 27.7. The molecular weight excluding hydrogens is 264 g/mol. The van der Waals surface area contributed by atoms with Gasteiger partial charge in [0.2, 0.25) is 10.0 Å². The molecule has 7 heteroatoms. The summed E-state index contributed by atoms with van der Waals surface area (Å²) in [5.74, 6) is 0. The van der Waals surface area contributed by atoms with Gasteiger partial charge in [-0.15, -0.1) is 0 Å². The number of sulfonamides is 1. The molecule has 106 valence electrons. The number of nitrogens with one attached hydrogen (secondary N) is 3. The largest absolute Gasteiger partial charge is 0.311 e. The van der Waals surface area contributed by atoms with Gasteiger partial charge in [-0.25, -0.2) is 13.1 Å². The van der Waals surface area contributed by atoms with Crippen LogP contribution in [0, 0.1) is 13.8 Å². The number of fused-ring (bicyclic) bond motifs is 2. The minimum atomic E-state index is -3.47. The maximum atomic E-state index is 12.4. The molecule has 2 atom stereocenters. The van der Waals surface area contributed by atoms with Crippen LogP contribution in [0.5, 0.6) is 0 Å². The fourth-order valence-corrected chi connectivity index (χ4v) is 5.00. The molecule has 0 radical (unpaired) electrons. The van der Waals surface area contributed by atoms with Gasteiger partial charge in [-0.3, -0.25) is 5.10 Å². The Labute approximate surface area is 113 Å². The van der Waals surface area contributed by atoms with Crippen molar-refractivity contribution >= 4 is 10.0 Å². The molecule has 2 aliphatic heterocycles. The third-order valence-corrected chi connectivity index (χ3v) is 5.91. The molecule has 0 amide bonds. The van der Waals surface area contributed by atoms with Crippen LogP contribution in [-0.2, 0) is 10.0 Å². The maximum Gasteiger partial charge on any atom is 0.244 e. The Hall–Kier alpha value is -0.920. The highest BCUT2D eigenvalue weighted by molar-refractivity contribution is 7.89. The Morgan fingerprint density at radius 1 is 1.21 bits per heavy atom. The van der Waals surface area contributed by atoms with Crippen LogP contribution >= 0.6 is 0 Å². The quantitative estimate of drug-likeness (QED) is 0.758. The van der Waals surface area contributed by atoms with E-state index in [4.69, 9.17) is 0 Å². The lowest BCUT2D eigenvalue weighted by molar-refractivity contribution is 0.345. The summed E-state index contributed by atoms with van der Waals surface area (Å²) in [5.41, 5.74) is 1.13.